The minimum atomic E-state index is -3.86. The highest BCUT2D eigenvalue weighted by atomic mass is 32.2. The molecule has 0 atom stereocenters. The molecule has 0 spiro atoms. The zero-order valence-electron chi connectivity index (χ0n) is 17.2. The Bertz CT molecular complexity index is 1380. The zero-order valence-corrected chi connectivity index (χ0v) is 18.1. The fraction of sp³-hybridized carbons (Fsp3) is 0.0385. The van der Waals surface area contributed by atoms with Gasteiger partial charge in [-0.3, -0.25) is 9.52 Å². The first-order chi connectivity index (χ1) is 15.3. The van der Waals surface area contributed by atoms with Crippen LogP contribution in [0, 0.1) is 12.7 Å². The number of benzene rings is 4. The molecule has 0 aromatic heterocycles. The zero-order chi connectivity index (χ0) is 22.7. The lowest BCUT2D eigenvalue weighted by molar-refractivity contribution is 0.103. The number of nitrogens with one attached hydrogen (secondary N) is 1. The topological polar surface area (TPSA) is 63.2 Å². The molecule has 0 fully saturated rings. The first kappa shape index (κ1) is 21.5. The molecule has 0 heterocycles. The van der Waals surface area contributed by atoms with Gasteiger partial charge in [-0.25, -0.2) is 12.8 Å². The van der Waals surface area contributed by atoms with E-state index in [1.165, 1.54) is 30.3 Å². The van der Waals surface area contributed by atoms with Crippen molar-refractivity contribution in [3.8, 4) is 11.1 Å². The van der Waals surface area contributed by atoms with Gasteiger partial charge >= 0.3 is 0 Å². The number of halogens is 1. The molecular formula is C26H20FNO3S. The van der Waals surface area contributed by atoms with Crippen LogP contribution in [-0.2, 0) is 10.0 Å². The molecule has 4 aromatic carbocycles. The van der Waals surface area contributed by atoms with Gasteiger partial charge in [-0.1, -0.05) is 72.3 Å². The highest BCUT2D eigenvalue weighted by Gasteiger charge is 2.20. The number of hydrogen-bond acceptors (Lipinski definition) is 3. The number of carbonyl (C=O) groups is 1. The normalized spacial score (nSPS) is 11.2. The molecule has 1 N–H and O–H groups in total. The third-order valence-electron chi connectivity index (χ3n) is 5.06. The number of ketones is 1. The Morgan fingerprint density at radius 1 is 0.781 bits per heavy atom. The van der Waals surface area contributed by atoms with Gasteiger partial charge < -0.3 is 0 Å². The number of sulfonamides is 1. The van der Waals surface area contributed by atoms with Crippen molar-refractivity contribution in [1.82, 2.24) is 0 Å². The molecule has 0 saturated heterocycles. The summed E-state index contributed by atoms with van der Waals surface area (Å²) < 4.78 is 42.6. The monoisotopic (exact) mass is 445 g/mol. The van der Waals surface area contributed by atoms with Crippen LogP contribution in [0.15, 0.2) is 102 Å². The Hall–Kier alpha value is -3.77. The minimum Gasteiger partial charge on any atom is -0.289 e. The molecule has 4 rings (SSSR count). The van der Waals surface area contributed by atoms with Gasteiger partial charge in [0.1, 0.15) is 5.82 Å². The minimum absolute atomic E-state index is 0.123. The predicted octanol–water partition coefficient (Wildman–Crippen LogP) is 5.83. The van der Waals surface area contributed by atoms with E-state index in [9.17, 15) is 17.6 Å². The highest BCUT2D eigenvalue weighted by molar-refractivity contribution is 7.92. The molecule has 0 bridgehead atoms. The Kier molecular flexibility index (Phi) is 5.88. The summed E-state index contributed by atoms with van der Waals surface area (Å²) in [6, 6.07) is 25.7. The van der Waals surface area contributed by atoms with E-state index in [4.69, 9.17) is 0 Å². The second-order valence-electron chi connectivity index (χ2n) is 7.35. The molecular weight excluding hydrogens is 425 g/mol. The Labute approximate surface area is 186 Å². The van der Waals surface area contributed by atoms with Crippen molar-refractivity contribution in [3.63, 3.8) is 0 Å². The fourth-order valence-corrected chi connectivity index (χ4v) is 4.49. The maximum Gasteiger partial charge on any atom is 0.261 e. The lowest BCUT2D eigenvalue weighted by Crippen LogP contribution is -2.14. The van der Waals surface area contributed by atoms with E-state index in [-0.39, 0.29) is 16.2 Å². The predicted molar refractivity (Wildman–Crippen MR) is 124 cm³/mol. The molecule has 0 radical (unpaired) electrons. The fourth-order valence-electron chi connectivity index (χ4n) is 3.41. The van der Waals surface area contributed by atoms with Crippen LogP contribution in [0.3, 0.4) is 0 Å². The van der Waals surface area contributed by atoms with E-state index in [0.717, 1.165) is 5.56 Å². The first-order valence-corrected chi connectivity index (χ1v) is 11.4. The van der Waals surface area contributed by atoms with Crippen LogP contribution in [0.2, 0.25) is 0 Å². The van der Waals surface area contributed by atoms with E-state index < -0.39 is 15.8 Å². The van der Waals surface area contributed by atoms with Gasteiger partial charge in [0.25, 0.3) is 10.0 Å². The van der Waals surface area contributed by atoms with Crippen molar-refractivity contribution < 1.29 is 17.6 Å². The second kappa shape index (κ2) is 8.77. The van der Waals surface area contributed by atoms with Gasteiger partial charge in [-0.2, -0.15) is 0 Å². The number of rotatable bonds is 6. The summed E-state index contributed by atoms with van der Waals surface area (Å²) in [4.78, 5) is 13.3. The summed E-state index contributed by atoms with van der Waals surface area (Å²) in [7, 11) is -3.86. The van der Waals surface area contributed by atoms with Crippen molar-refractivity contribution in [2.45, 2.75) is 11.8 Å². The largest absolute Gasteiger partial charge is 0.289 e. The summed E-state index contributed by atoms with van der Waals surface area (Å²) in [6.45, 7) is 1.87. The van der Waals surface area contributed by atoms with Crippen LogP contribution in [0.5, 0.6) is 0 Å². The average molecular weight is 446 g/mol. The summed E-state index contributed by atoms with van der Waals surface area (Å²) >= 11 is 0. The van der Waals surface area contributed by atoms with Crippen LogP contribution < -0.4 is 4.72 Å². The van der Waals surface area contributed by atoms with E-state index in [0.29, 0.717) is 22.4 Å². The molecule has 0 saturated carbocycles. The lowest BCUT2D eigenvalue weighted by atomic mass is 9.93. The average Bonchev–Trinajstić information content (AvgIpc) is 2.80. The molecule has 0 aliphatic rings. The van der Waals surface area contributed by atoms with Crippen LogP contribution in [0.1, 0.15) is 21.5 Å². The summed E-state index contributed by atoms with van der Waals surface area (Å²) in [6.07, 6.45) is 0. The number of para-hydroxylation sites is 1. The smallest absolute Gasteiger partial charge is 0.261 e. The Morgan fingerprint density at radius 2 is 1.44 bits per heavy atom. The second-order valence-corrected chi connectivity index (χ2v) is 9.03. The standard InChI is InChI=1S/C26H20FNO3S/c1-18-11-14-21(15-12-18)32(30,31)28-25-10-6-5-9-23(25)22-16-13-20(27)17-24(22)26(29)19-7-3-2-4-8-19/h2-17,28H,1H3. The molecule has 4 aromatic rings. The van der Waals surface area contributed by atoms with Gasteiger partial charge in [-0.05, 0) is 42.8 Å². The van der Waals surface area contributed by atoms with E-state index in [1.807, 2.05) is 6.92 Å². The van der Waals surface area contributed by atoms with Crippen LogP contribution in [0.4, 0.5) is 10.1 Å². The quantitative estimate of drug-likeness (QED) is 0.380. The maximum atomic E-state index is 14.1. The molecule has 0 aliphatic carbocycles. The van der Waals surface area contributed by atoms with E-state index in [2.05, 4.69) is 4.72 Å². The van der Waals surface area contributed by atoms with Gasteiger partial charge in [0.15, 0.2) is 5.78 Å². The van der Waals surface area contributed by atoms with Crippen LogP contribution in [0.25, 0.3) is 11.1 Å². The van der Waals surface area contributed by atoms with Crippen molar-refractivity contribution in [2.75, 3.05) is 4.72 Å². The molecule has 0 aliphatic heterocycles. The molecule has 32 heavy (non-hydrogen) atoms. The third kappa shape index (κ3) is 4.45. The number of anilines is 1. The van der Waals surface area contributed by atoms with Crippen LogP contribution >= 0.6 is 0 Å². The van der Waals surface area contributed by atoms with E-state index >= 15 is 0 Å². The molecule has 0 unspecified atom stereocenters. The van der Waals surface area contributed by atoms with Crippen LogP contribution in [-0.4, -0.2) is 14.2 Å². The first-order valence-electron chi connectivity index (χ1n) is 9.93. The van der Waals surface area contributed by atoms with Crippen molar-refractivity contribution in [1.29, 1.82) is 0 Å². The SMILES string of the molecule is Cc1ccc(S(=O)(=O)Nc2ccccc2-c2ccc(F)cc2C(=O)c2ccccc2)cc1. The molecule has 4 nitrogen and oxygen atoms in total. The number of carbonyl (C=O) groups excluding carboxylic acids is 1. The Morgan fingerprint density at radius 3 is 2.16 bits per heavy atom. The van der Waals surface area contributed by atoms with Gasteiger partial charge in [0.2, 0.25) is 0 Å². The van der Waals surface area contributed by atoms with Gasteiger partial charge in [0, 0.05) is 16.7 Å². The number of hydrogen-bond donors (Lipinski definition) is 1. The highest BCUT2D eigenvalue weighted by Crippen LogP contribution is 2.33. The third-order valence-corrected chi connectivity index (χ3v) is 6.44. The maximum absolute atomic E-state index is 14.1. The van der Waals surface area contributed by atoms with Gasteiger partial charge in [-0.15, -0.1) is 0 Å². The van der Waals surface area contributed by atoms with Crippen molar-refractivity contribution in [2.24, 2.45) is 0 Å². The molecule has 6 heteroatoms. The lowest BCUT2D eigenvalue weighted by Gasteiger charge is -2.15. The van der Waals surface area contributed by atoms with Crippen molar-refractivity contribution in [3.05, 3.63) is 120 Å². The number of aryl methyl sites for hydroxylation is 1. The van der Waals surface area contributed by atoms with Gasteiger partial charge in [0.05, 0.1) is 10.6 Å². The molecule has 160 valence electrons. The Balaban J connectivity index is 1.80. The van der Waals surface area contributed by atoms with Crippen molar-refractivity contribution >= 4 is 21.5 Å². The summed E-state index contributed by atoms with van der Waals surface area (Å²) in [5, 5.41) is 0. The summed E-state index contributed by atoms with van der Waals surface area (Å²) in [5.74, 6) is -0.901. The summed E-state index contributed by atoms with van der Waals surface area (Å²) in [5.41, 5.74) is 2.71. The molecule has 0 amide bonds. The van der Waals surface area contributed by atoms with E-state index in [1.54, 1.807) is 66.7 Å².